The standard InChI is InChI=1S/C31H32ClN3O4/c1-19(2)39-28-18-26-23(16-27(28)38-4)17-29(36)35(30(26)22-6-10-24(32)11-7-22)25-12-8-21(9-13-25)20(3)34-15-5-14-33-31(34)37/h5-13,15-16,18-20,30H,14,17H2,1-4H3,(H,33,37)/t20-,30-/m0/s1. The van der Waals surface area contributed by atoms with E-state index in [0.717, 1.165) is 27.9 Å². The summed E-state index contributed by atoms with van der Waals surface area (Å²) in [7, 11) is 1.61. The van der Waals surface area contributed by atoms with Crippen molar-refractivity contribution in [2.75, 3.05) is 18.6 Å². The number of nitrogens with zero attached hydrogens (tertiary/aromatic N) is 2. The fourth-order valence-electron chi connectivity index (χ4n) is 5.18. The predicted octanol–water partition coefficient (Wildman–Crippen LogP) is 6.41. The maximum Gasteiger partial charge on any atom is 0.322 e. The Kier molecular flexibility index (Phi) is 7.53. The molecule has 0 aromatic heterocycles. The van der Waals surface area contributed by atoms with Gasteiger partial charge in [-0.15, -0.1) is 0 Å². The van der Waals surface area contributed by atoms with E-state index < -0.39 is 6.04 Å². The van der Waals surface area contributed by atoms with Crippen LogP contribution in [0.1, 0.15) is 55.1 Å². The van der Waals surface area contributed by atoms with Gasteiger partial charge in [0.15, 0.2) is 11.5 Å². The highest BCUT2D eigenvalue weighted by atomic mass is 35.5. The fourth-order valence-corrected chi connectivity index (χ4v) is 5.31. The van der Waals surface area contributed by atoms with E-state index in [4.69, 9.17) is 21.1 Å². The molecule has 3 amide bonds. The molecule has 7 nitrogen and oxygen atoms in total. The molecule has 39 heavy (non-hydrogen) atoms. The van der Waals surface area contributed by atoms with Gasteiger partial charge in [0, 0.05) is 23.5 Å². The van der Waals surface area contributed by atoms with E-state index in [0.29, 0.717) is 23.1 Å². The zero-order chi connectivity index (χ0) is 27.7. The number of halogens is 1. The van der Waals surface area contributed by atoms with Crippen molar-refractivity contribution in [1.29, 1.82) is 0 Å². The molecule has 0 bridgehead atoms. The van der Waals surface area contributed by atoms with Crippen LogP contribution in [0.4, 0.5) is 10.5 Å². The summed E-state index contributed by atoms with van der Waals surface area (Å²) < 4.78 is 11.7. The van der Waals surface area contributed by atoms with Gasteiger partial charge in [0.2, 0.25) is 5.91 Å². The molecule has 8 heteroatoms. The molecule has 3 aromatic rings. The second kappa shape index (κ2) is 11.0. The lowest BCUT2D eigenvalue weighted by molar-refractivity contribution is -0.118. The molecule has 3 aromatic carbocycles. The summed E-state index contributed by atoms with van der Waals surface area (Å²) in [5.74, 6) is 1.21. The Morgan fingerprint density at radius 2 is 1.69 bits per heavy atom. The minimum absolute atomic E-state index is 0.0267. The molecule has 2 aliphatic heterocycles. The first-order valence-corrected chi connectivity index (χ1v) is 13.4. The third kappa shape index (κ3) is 5.32. The van der Waals surface area contributed by atoms with Crippen LogP contribution in [0.15, 0.2) is 72.9 Å². The summed E-state index contributed by atoms with van der Waals surface area (Å²) in [4.78, 5) is 29.6. The number of amides is 3. The van der Waals surface area contributed by atoms with Gasteiger partial charge in [0.1, 0.15) is 0 Å². The van der Waals surface area contributed by atoms with Crippen molar-refractivity contribution in [3.63, 3.8) is 0 Å². The van der Waals surface area contributed by atoms with Crippen molar-refractivity contribution < 1.29 is 19.1 Å². The quantitative estimate of drug-likeness (QED) is 0.372. The normalized spacial score (nSPS) is 17.6. The maximum absolute atomic E-state index is 13.7. The molecule has 0 fully saturated rings. The molecule has 0 unspecified atom stereocenters. The minimum Gasteiger partial charge on any atom is -0.493 e. The third-order valence-corrected chi connectivity index (χ3v) is 7.33. The molecule has 2 atom stereocenters. The lowest BCUT2D eigenvalue weighted by Gasteiger charge is -2.38. The van der Waals surface area contributed by atoms with E-state index in [1.807, 2.05) is 98.6 Å². The summed E-state index contributed by atoms with van der Waals surface area (Å²) >= 11 is 6.22. The Hall–Kier alpha value is -3.97. The maximum atomic E-state index is 13.7. The number of hydrogen-bond acceptors (Lipinski definition) is 4. The van der Waals surface area contributed by atoms with Gasteiger partial charge in [-0.2, -0.15) is 0 Å². The van der Waals surface area contributed by atoms with Gasteiger partial charge in [-0.3, -0.25) is 9.69 Å². The van der Waals surface area contributed by atoms with E-state index in [1.54, 1.807) is 12.0 Å². The van der Waals surface area contributed by atoms with E-state index in [9.17, 15) is 9.59 Å². The van der Waals surface area contributed by atoms with Crippen molar-refractivity contribution in [2.24, 2.45) is 0 Å². The monoisotopic (exact) mass is 545 g/mol. The SMILES string of the molecule is COc1cc2c(cc1OC(C)C)[C@H](c1ccc(Cl)cc1)N(c1ccc([C@H](C)N3C=CCNC3=O)cc1)C(=O)C2. The van der Waals surface area contributed by atoms with Crippen LogP contribution in [0.2, 0.25) is 5.02 Å². The number of rotatable bonds is 7. The highest BCUT2D eigenvalue weighted by Gasteiger charge is 2.36. The lowest BCUT2D eigenvalue weighted by Crippen LogP contribution is -2.41. The van der Waals surface area contributed by atoms with Gasteiger partial charge in [0.05, 0.1) is 31.7 Å². The van der Waals surface area contributed by atoms with Gasteiger partial charge in [-0.25, -0.2) is 4.79 Å². The van der Waals surface area contributed by atoms with Crippen LogP contribution in [0.5, 0.6) is 11.5 Å². The average molecular weight is 546 g/mol. The highest BCUT2D eigenvalue weighted by Crippen LogP contribution is 2.44. The molecule has 2 heterocycles. The van der Waals surface area contributed by atoms with Crippen molar-refractivity contribution in [1.82, 2.24) is 10.2 Å². The molecule has 0 radical (unpaired) electrons. The molecule has 0 aliphatic carbocycles. The summed E-state index contributed by atoms with van der Waals surface area (Å²) in [6.07, 6.45) is 3.91. The Morgan fingerprint density at radius 3 is 2.33 bits per heavy atom. The molecular weight excluding hydrogens is 514 g/mol. The van der Waals surface area contributed by atoms with E-state index >= 15 is 0 Å². The minimum atomic E-state index is -0.391. The van der Waals surface area contributed by atoms with Crippen LogP contribution in [-0.4, -0.2) is 36.6 Å². The van der Waals surface area contributed by atoms with Crippen LogP contribution in [-0.2, 0) is 11.2 Å². The van der Waals surface area contributed by atoms with Crippen molar-refractivity contribution in [3.05, 3.63) is 100 Å². The number of carbonyl (C=O) groups excluding carboxylic acids is 2. The number of carbonyl (C=O) groups is 2. The smallest absolute Gasteiger partial charge is 0.322 e. The van der Waals surface area contributed by atoms with E-state index in [1.165, 1.54) is 0 Å². The predicted molar refractivity (Wildman–Crippen MR) is 152 cm³/mol. The van der Waals surface area contributed by atoms with Crippen molar-refractivity contribution in [3.8, 4) is 11.5 Å². The Bertz CT molecular complexity index is 1400. The van der Waals surface area contributed by atoms with Crippen LogP contribution in [0.3, 0.4) is 0 Å². The number of ether oxygens (including phenoxy) is 2. The lowest BCUT2D eigenvalue weighted by atomic mass is 9.86. The number of benzene rings is 3. The van der Waals surface area contributed by atoms with Gasteiger partial charge >= 0.3 is 6.03 Å². The van der Waals surface area contributed by atoms with Crippen LogP contribution < -0.4 is 19.7 Å². The molecule has 5 rings (SSSR count). The zero-order valence-electron chi connectivity index (χ0n) is 22.5. The number of methoxy groups -OCH3 is 1. The fraction of sp³-hybridized carbons (Fsp3) is 0.290. The Morgan fingerprint density at radius 1 is 0.974 bits per heavy atom. The Labute approximate surface area is 234 Å². The summed E-state index contributed by atoms with van der Waals surface area (Å²) in [5.41, 5.74) is 4.54. The Balaban J connectivity index is 1.57. The molecule has 0 saturated heterocycles. The van der Waals surface area contributed by atoms with Gasteiger partial charge in [-0.1, -0.05) is 35.9 Å². The number of urea groups is 1. The average Bonchev–Trinajstić information content (AvgIpc) is 2.92. The van der Waals surface area contributed by atoms with Crippen molar-refractivity contribution in [2.45, 2.75) is 45.4 Å². The highest BCUT2D eigenvalue weighted by molar-refractivity contribution is 6.30. The summed E-state index contributed by atoms with van der Waals surface area (Å²) in [6.45, 7) is 6.45. The zero-order valence-corrected chi connectivity index (χ0v) is 23.2. The number of nitrogens with one attached hydrogen (secondary N) is 1. The first kappa shape index (κ1) is 26.6. The number of hydrogen-bond donors (Lipinski definition) is 1. The molecule has 202 valence electrons. The van der Waals surface area contributed by atoms with Crippen molar-refractivity contribution >= 4 is 29.2 Å². The molecular formula is C31H32ClN3O4. The van der Waals surface area contributed by atoms with Crippen LogP contribution >= 0.6 is 11.6 Å². The third-order valence-electron chi connectivity index (χ3n) is 7.08. The van der Waals surface area contributed by atoms with Gasteiger partial charge in [-0.05, 0) is 85.5 Å². The number of fused-ring (bicyclic) bond motifs is 1. The van der Waals surface area contributed by atoms with E-state index in [-0.39, 0.29) is 30.5 Å². The molecule has 0 spiro atoms. The summed E-state index contributed by atoms with van der Waals surface area (Å²) in [6, 6.07) is 18.6. The number of anilines is 1. The van der Waals surface area contributed by atoms with Crippen LogP contribution in [0, 0.1) is 0 Å². The van der Waals surface area contributed by atoms with Crippen LogP contribution in [0.25, 0.3) is 0 Å². The molecule has 0 saturated carbocycles. The largest absolute Gasteiger partial charge is 0.493 e. The first-order chi connectivity index (χ1) is 18.8. The topological polar surface area (TPSA) is 71.1 Å². The second-order valence-corrected chi connectivity index (χ2v) is 10.4. The molecule has 2 aliphatic rings. The van der Waals surface area contributed by atoms with E-state index in [2.05, 4.69) is 5.32 Å². The molecule has 1 N–H and O–H groups in total. The van der Waals surface area contributed by atoms with Gasteiger partial charge in [0.25, 0.3) is 0 Å². The second-order valence-electron chi connectivity index (χ2n) is 10.0. The first-order valence-electron chi connectivity index (χ1n) is 13.0. The summed E-state index contributed by atoms with van der Waals surface area (Å²) in [5, 5.41) is 3.46. The van der Waals surface area contributed by atoms with Gasteiger partial charge < -0.3 is 19.7 Å².